The van der Waals surface area contributed by atoms with E-state index in [0.29, 0.717) is 24.4 Å². The van der Waals surface area contributed by atoms with E-state index in [1.54, 1.807) is 26.1 Å². The van der Waals surface area contributed by atoms with E-state index >= 15 is 0 Å². The maximum atomic E-state index is 13.6. The molecule has 0 amide bonds. The quantitative estimate of drug-likeness (QED) is 0.879. The van der Waals surface area contributed by atoms with Crippen LogP contribution in [0.3, 0.4) is 0 Å². The molecule has 1 aliphatic carbocycles. The van der Waals surface area contributed by atoms with Gasteiger partial charge in [0.25, 0.3) is 0 Å². The van der Waals surface area contributed by atoms with Crippen molar-refractivity contribution in [2.45, 2.75) is 18.6 Å². The molecule has 0 bridgehead atoms. The Morgan fingerprint density at radius 1 is 1.52 bits per heavy atom. The number of hydrogen-bond acceptors (Lipinski definition) is 6. The zero-order valence-electron chi connectivity index (χ0n) is 12.5. The van der Waals surface area contributed by atoms with Crippen LogP contribution >= 0.6 is 0 Å². The van der Waals surface area contributed by atoms with Crippen LogP contribution in [0.1, 0.15) is 6.42 Å². The van der Waals surface area contributed by atoms with Crippen molar-refractivity contribution in [2.24, 2.45) is 11.8 Å². The van der Waals surface area contributed by atoms with Crippen LogP contribution in [0, 0.1) is 17.7 Å². The van der Waals surface area contributed by atoms with Crippen molar-refractivity contribution in [3.8, 4) is 0 Å². The highest BCUT2D eigenvalue weighted by Gasteiger charge is 2.54. The van der Waals surface area contributed by atoms with Gasteiger partial charge in [0.1, 0.15) is 0 Å². The van der Waals surface area contributed by atoms with Crippen LogP contribution in [-0.4, -0.2) is 56.5 Å². The molecule has 1 aromatic rings. The minimum absolute atomic E-state index is 0.220. The Kier molecular flexibility index (Phi) is 3.95. The summed E-state index contributed by atoms with van der Waals surface area (Å²) in [6.45, 7) is 1.43. The SMILES string of the molecule is COC[C@H]1[C@@H](Nc2ncc(F)c(N(C)C)n2)[C@H]2CCO[C@H]21. The van der Waals surface area contributed by atoms with E-state index in [0.717, 1.165) is 13.0 Å². The molecule has 0 unspecified atom stereocenters. The third-order valence-electron chi connectivity index (χ3n) is 4.33. The average molecular weight is 296 g/mol. The van der Waals surface area contributed by atoms with Gasteiger partial charge in [-0.3, -0.25) is 0 Å². The molecule has 2 heterocycles. The molecule has 21 heavy (non-hydrogen) atoms. The second-order valence-corrected chi connectivity index (χ2v) is 5.84. The molecule has 1 aromatic heterocycles. The van der Waals surface area contributed by atoms with Gasteiger partial charge in [-0.25, -0.2) is 9.37 Å². The van der Waals surface area contributed by atoms with Gasteiger partial charge in [0.05, 0.1) is 18.9 Å². The van der Waals surface area contributed by atoms with Gasteiger partial charge in [0.2, 0.25) is 5.95 Å². The summed E-state index contributed by atoms with van der Waals surface area (Å²) in [5, 5.41) is 3.33. The molecule has 7 heteroatoms. The first-order valence-electron chi connectivity index (χ1n) is 7.18. The van der Waals surface area contributed by atoms with E-state index in [1.165, 1.54) is 6.20 Å². The van der Waals surface area contributed by atoms with Crippen LogP contribution in [-0.2, 0) is 9.47 Å². The van der Waals surface area contributed by atoms with Crippen LogP contribution in [0.15, 0.2) is 6.20 Å². The van der Waals surface area contributed by atoms with Gasteiger partial charge in [0.15, 0.2) is 11.6 Å². The number of nitrogens with zero attached hydrogens (tertiary/aromatic N) is 3. The predicted molar refractivity (Wildman–Crippen MR) is 76.9 cm³/mol. The predicted octanol–water partition coefficient (Wildman–Crippen LogP) is 1.14. The summed E-state index contributed by atoms with van der Waals surface area (Å²) < 4.78 is 24.6. The van der Waals surface area contributed by atoms with Crippen molar-refractivity contribution < 1.29 is 13.9 Å². The van der Waals surface area contributed by atoms with Gasteiger partial charge in [0, 0.05) is 45.7 Å². The maximum absolute atomic E-state index is 13.6. The Morgan fingerprint density at radius 2 is 2.33 bits per heavy atom. The monoisotopic (exact) mass is 296 g/mol. The van der Waals surface area contributed by atoms with Gasteiger partial charge in [-0.2, -0.15) is 4.98 Å². The number of nitrogens with one attached hydrogen (secondary N) is 1. The fraction of sp³-hybridized carbons (Fsp3) is 0.714. The third kappa shape index (κ3) is 2.55. The van der Waals surface area contributed by atoms with Crippen LogP contribution in [0.5, 0.6) is 0 Å². The standard InChI is InChI=1S/C14H21FN4O2/c1-19(2)13-10(15)6-16-14(18-13)17-11-8-4-5-21-12(8)9(11)7-20-3/h6,8-9,11-12H,4-5,7H2,1-3H3,(H,16,17,18)/t8-,9+,11+,12-/m1/s1. The van der Waals surface area contributed by atoms with E-state index in [-0.39, 0.29) is 18.0 Å². The fourth-order valence-corrected chi connectivity index (χ4v) is 3.32. The molecule has 3 rings (SSSR count). The summed E-state index contributed by atoms with van der Waals surface area (Å²) in [7, 11) is 5.21. The zero-order valence-corrected chi connectivity index (χ0v) is 12.5. The van der Waals surface area contributed by atoms with Gasteiger partial charge in [-0.15, -0.1) is 0 Å². The summed E-state index contributed by atoms with van der Waals surface area (Å²) in [4.78, 5) is 9.93. The molecule has 1 aliphatic heterocycles. The van der Waals surface area contributed by atoms with E-state index in [2.05, 4.69) is 15.3 Å². The number of hydrogen-bond donors (Lipinski definition) is 1. The highest BCUT2D eigenvalue weighted by molar-refractivity contribution is 5.43. The molecule has 1 N–H and O–H groups in total. The first kappa shape index (κ1) is 14.5. The fourth-order valence-electron chi connectivity index (χ4n) is 3.32. The highest BCUT2D eigenvalue weighted by Crippen LogP contribution is 2.44. The molecule has 0 radical (unpaired) electrons. The number of halogens is 1. The van der Waals surface area contributed by atoms with E-state index in [4.69, 9.17) is 9.47 Å². The van der Waals surface area contributed by atoms with E-state index in [1.807, 2.05) is 0 Å². The largest absolute Gasteiger partial charge is 0.384 e. The second kappa shape index (κ2) is 5.73. The smallest absolute Gasteiger partial charge is 0.225 e. The molecule has 2 fully saturated rings. The van der Waals surface area contributed by atoms with Crippen LogP contribution in [0.4, 0.5) is 16.2 Å². The normalized spacial score (nSPS) is 30.7. The first-order chi connectivity index (χ1) is 10.1. The Morgan fingerprint density at radius 3 is 3.05 bits per heavy atom. The van der Waals surface area contributed by atoms with Crippen molar-refractivity contribution >= 4 is 11.8 Å². The highest BCUT2D eigenvalue weighted by atomic mass is 19.1. The Balaban J connectivity index is 1.75. The molecule has 4 atom stereocenters. The molecule has 0 spiro atoms. The number of methoxy groups -OCH3 is 1. The van der Waals surface area contributed by atoms with Crippen molar-refractivity contribution in [2.75, 3.05) is 44.6 Å². The van der Waals surface area contributed by atoms with Crippen LogP contribution in [0.2, 0.25) is 0 Å². The molecule has 1 saturated carbocycles. The summed E-state index contributed by atoms with van der Waals surface area (Å²) in [5.41, 5.74) is 0. The lowest BCUT2D eigenvalue weighted by Gasteiger charge is -2.47. The molecular weight excluding hydrogens is 275 g/mol. The first-order valence-corrected chi connectivity index (χ1v) is 7.18. The van der Waals surface area contributed by atoms with Crippen molar-refractivity contribution in [1.29, 1.82) is 0 Å². The van der Waals surface area contributed by atoms with Crippen molar-refractivity contribution in [3.63, 3.8) is 0 Å². The molecular formula is C14H21FN4O2. The Hall–Kier alpha value is -1.47. The topological polar surface area (TPSA) is 59.5 Å². The number of ether oxygens (including phenoxy) is 2. The van der Waals surface area contributed by atoms with Crippen LogP contribution < -0.4 is 10.2 Å². The number of aromatic nitrogens is 2. The van der Waals surface area contributed by atoms with Crippen LogP contribution in [0.25, 0.3) is 0 Å². The lowest BCUT2D eigenvalue weighted by molar-refractivity contribution is -0.0668. The van der Waals surface area contributed by atoms with E-state index < -0.39 is 5.82 Å². The summed E-state index contributed by atoms with van der Waals surface area (Å²) in [6.07, 6.45) is 2.50. The minimum Gasteiger partial charge on any atom is -0.384 e. The number of fused-ring (bicyclic) bond motifs is 1. The summed E-state index contributed by atoms with van der Waals surface area (Å²) >= 11 is 0. The lowest BCUT2D eigenvalue weighted by atomic mass is 9.67. The number of anilines is 2. The second-order valence-electron chi connectivity index (χ2n) is 5.84. The molecule has 1 saturated heterocycles. The minimum atomic E-state index is -0.422. The van der Waals surface area contributed by atoms with Crippen molar-refractivity contribution in [1.82, 2.24) is 9.97 Å². The van der Waals surface area contributed by atoms with Gasteiger partial charge < -0.3 is 19.7 Å². The lowest BCUT2D eigenvalue weighted by Crippen LogP contribution is -2.58. The van der Waals surface area contributed by atoms with Gasteiger partial charge >= 0.3 is 0 Å². The van der Waals surface area contributed by atoms with Gasteiger partial charge in [-0.1, -0.05) is 0 Å². The maximum Gasteiger partial charge on any atom is 0.225 e. The average Bonchev–Trinajstić information content (AvgIpc) is 2.88. The number of rotatable bonds is 5. The molecule has 0 aromatic carbocycles. The summed E-state index contributed by atoms with van der Waals surface area (Å²) in [5.74, 6) is 1.07. The zero-order chi connectivity index (χ0) is 15.0. The Labute approximate surface area is 123 Å². The summed E-state index contributed by atoms with van der Waals surface area (Å²) in [6, 6.07) is 0.220. The Bertz CT molecular complexity index is 514. The van der Waals surface area contributed by atoms with Gasteiger partial charge in [-0.05, 0) is 6.42 Å². The molecule has 6 nitrogen and oxygen atoms in total. The molecule has 116 valence electrons. The van der Waals surface area contributed by atoms with Crippen molar-refractivity contribution in [3.05, 3.63) is 12.0 Å². The third-order valence-corrected chi connectivity index (χ3v) is 4.33. The molecule has 2 aliphatic rings. The van der Waals surface area contributed by atoms with E-state index in [9.17, 15) is 4.39 Å².